The average molecular weight is 365 g/mol. The largest absolute Gasteiger partial charge is 2.00 e. The minimum atomic E-state index is 0. The summed E-state index contributed by atoms with van der Waals surface area (Å²) in [7, 11) is 0. The molecule has 0 atom stereocenters. The summed E-state index contributed by atoms with van der Waals surface area (Å²) in [5, 5.41) is 0. The molecule has 0 N–H and O–H groups in total. The van der Waals surface area contributed by atoms with E-state index in [1.165, 1.54) is 0 Å². The SMILES string of the molecule is [Ca+2].[Cu].[H-].[H-].[La].[Mn].[Zn]. The molecule has 0 rings (SSSR count). The van der Waals surface area contributed by atoms with Crippen LogP contribution in [0.2, 0.25) is 0 Å². The molecule has 0 aromatic rings. The van der Waals surface area contributed by atoms with E-state index in [2.05, 4.69) is 0 Å². The van der Waals surface area contributed by atoms with Crippen molar-refractivity contribution >= 4 is 37.7 Å². The Morgan fingerprint density at radius 1 is 1.20 bits per heavy atom. The maximum absolute atomic E-state index is 0. The third-order valence-corrected chi connectivity index (χ3v) is 0. The molecule has 0 amide bonds. The monoisotopic (exact) mass is 363 g/mol. The maximum atomic E-state index is 0. The smallest absolute Gasteiger partial charge is 1.00 e. The molecule has 0 bridgehead atoms. The van der Waals surface area contributed by atoms with Crippen LogP contribution >= 0.6 is 0 Å². The van der Waals surface area contributed by atoms with Gasteiger partial charge in [0.25, 0.3) is 0 Å². The zero-order valence-corrected chi connectivity index (χ0v) is 13.6. The Bertz CT molecular complexity index is 17.7. The van der Waals surface area contributed by atoms with Crippen molar-refractivity contribution in [2.24, 2.45) is 0 Å². The van der Waals surface area contributed by atoms with Gasteiger partial charge in [-0.3, -0.25) is 0 Å². The molecule has 5 heavy (non-hydrogen) atoms. The van der Waals surface area contributed by atoms with Crippen molar-refractivity contribution in [2.45, 2.75) is 0 Å². The van der Waals surface area contributed by atoms with Gasteiger partial charge in [-0.25, -0.2) is 0 Å². The molecule has 3 radical (unpaired) electrons. The second kappa shape index (κ2) is 24.3. The van der Waals surface area contributed by atoms with Crippen LogP contribution in [0.15, 0.2) is 0 Å². The topological polar surface area (TPSA) is 0 Å². The molecule has 0 aromatic carbocycles. The molecule has 0 aliphatic rings. The fraction of sp³-hybridized carbons (Fsp3) is 0. The predicted octanol–water partition coefficient (Wildman–Crippen LogP) is -0.163. The van der Waals surface area contributed by atoms with Gasteiger partial charge in [-0.2, -0.15) is 0 Å². The van der Waals surface area contributed by atoms with E-state index < -0.39 is 0 Å². The van der Waals surface area contributed by atoms with E-state index >= 15 is 0 Å². The molecular formula is H2CaCuLaMnZn. The van der Waals surface area contributed by atoms with Gasteiger partial charge in [0.1, 0.15) is 0 Å². The minimum Gasteiger partial charge on any atom is -1.00 e. The Labute approximate surface area is 127 Å². The van der Waals surface area contributed by atoms with Crippen LogP contribution in [0.1, 0.15) is 2.85 Å². The second-order valence-corrected chi connectivity index (χ2v) is 0. The normalized spacial score (nSPS) is 0. The number of hydrogen-bond acceptors (Lipinski definition) is 0. The first-order valence-electron chi connectivity index (χ1n) is 0. The van der Waals surface area contributed by atoms with E-state index in [-0.39, 0.29) is 130 Å². The number of hydrogen-bond donors (Lipinski definition) is 0. The van der Waals surface area contributed by atoms with Crippen LogP contribution < -0.4 is 0 Å². The Hall–Kier alpha value is 4.12. The zero-order chi connectivity index (χ0) is 0. The van der Waals surface area contributed by atoms with Crippen molar-refractivity contribution in [2.75, 3.05) is 0 Å². The standard InChI is InChI=1S/Ca.Cu.La.Mn.Zn.2H/q+2;;;;;2*-1. The summed E-state index contributed by atoms with van der Waals surface area (Å²) < 4.78 is 0. The molecule has 0 aliphatic carbocycles. The van der Waals surface area contributed by atoms with Gasteiger partial charge in [-0.05, 0) is 0 Å². The van der Waals surface area contributed by atoms with E-state index in [1.807, 2.05) is 0 Å². The van der Waals surface area contributed by atoms with E-state index in [9.17, 15) is 0 Å². The summed E-state index contributed by atoms with van der Waals surface area (Å²) >= 11 is 0. The Kier molecular flexibility index (Phi) is 172. The van der Waals surface area contributed by atoms with E-state index in [4.69, 9.17) is 0 Å². The quantitative estimate of drug-likeness (QED) is 0.524. The zero-order valence-electron chi connectivity index (χ0n) is 4.67. The minimum absolute atomic E-state index is 0. The van der Waals surface area contributed by atoms with Crippen LogP contribution in [0, 0.1) is 35.6 Å². The molecule has 0 spiro atoms. The molecule has 0 heterocycles. The van der Waals surface area contributed by atoms with Crippen LogP contribution in [0.5, 0.6) is 0 Å². The van der Waals surface area contributed by atoms with Crippen LogP contribution in [0.3, 0.4) is 0 Å². The van der Waals surface area contributed by atoms with Gasteiger partial charge in [0, 0.05) is 89.2 Å². The van der Waals surface area contributed by atoms with Crippen molar-refractivity contribution in [1.29, 1.82) is 0 Å². The van der Waals surface area contributed by atoms with Gasteiger partial charge in [-0.1, -0.05) is 0 Å². The van der Waals surface area contributed by atoms with Gasteiger partial charge in [-0.15, -0.1) is 0 Å². The van der Waals surface area contributed by atoms with Crippen molar-refractivity contribution < 1.29 is 92.1 Å². The molecule has 0 nitrogen and oxygen atoms in total. The number of rotatable bonds is 0. The van der Waals surface area contributed by atoms with E-state index in [1.54, 1.807) is 0 Å². The predicted molar refractivity (Wildman–Crippen MR) is 7.98 cm³/mol. The first-order valence-corrected chi connectivity index (χ1v) is 0. The van der Waals surface area contributed by atoms with Gasteiger partial charge >= 0.3 is 37.7 Å². The molecule has 0 saturated heterocycles. The fourth-order valence-electron chi connectivity index (χ4n) is 0. The van der Waals surface area contributed by atoms with Gasteiger partial charge in [0.05, 0.1) is 0 Å². The average Bonchev–Trinajstić information content (AvgIpc) is 0. The molecule has 0 aliphatic heterocycles. The molecule has 27 valence electrons. The van der Waals surface area contributed by atoms with Crippen molar-refractivity contribution in [1.82, 2.24) is 0 Å². The summed E-state index contributed by atoms with van der Waals surface area (Å²) in [6.45, 7) is 0. The fourth-order valence-corrected chi connectivity index (χ4v) is 0. The third-order valence-electron chi connectivity index (χ3n) is 0. The van der Waals surface area contributed by atoms with Crippen molar-refractivity contribution in [3.8, 4) is 0 Å². The molecule has 0 unspecified atom stereocenters. The van der Waals surface area contributed by atoms with Crippen LogP contribution in [-0.4, -0.2) is 37.7 Å². The molecule has 0 fully saturated rings. The van der Waals surface area contributed by atoms with Crippen LogP contribution in [-0.2, 0) is 53.6 Å². The van der Waals surface area contributed by atoms with E-state index in [0.29, 0.717) is 0 Å². The Balaban J connectivity index is 0. The van der Waals surface area contributed by atoms with E-state index in [0.717, 1.165) is 0 Å². The third kappa shape index (κ3) is 17.9. The Morgan fingerprint density at radius 2 is 1.20 bits per heavy atom. The van der Waals surface area contributed by atoms with Gasteiger partial charge in [0.2, 0.25) is 0 Å². The molecule has 0 aromatic heterocycles. The van der Waals surface area contributed by atoms with Crippen LogP contribution in [0.25, 0.3) is 0 Å². The molecular weight excluding hydrogens is 363 g/mol. The van der Waals surface area contributed by atoms with Gasteiger partial charge < -0.3 is 2.85 Å². The first-order chi connectivity index (χ1) is 0. The maximum Gasteiger partial charge on any atom is 2.00 e. The summed E-state index contributed by atoms with van der Waals surface area (Å²) in [5.74, 6) is 0. The summed E-state index contributed by atoms with van der Waals surface area (Å²) in [6.07, 6.45) is 0. The summed E-state index contributed by atoms with van der Waals surface area (Å²) in [6, 6.07) is 0. The first kappa shape index (κ1) is 35.4. The molecule has 0 saturated carbocycles. The van der Waals surface area contributed by atoms with Crippen molar-refractivity contribution in [3.05, 3.63) is 0 Å². The molecule has 5 heteroatoms. The summed E-state index contributed by atoms with van der Waals surface area (Å²) in [5.41, 5.74) is 0. The Morgan fingerprint density at radius 3 is 1.20 bits per heavy atom. The summed E-state index contributed by atoms with van der Waals surface area (Å²) in [4.78, 5) is 0. The van der Waals surface area contributed by atoms with Crippen molar-refractivity contribution in [3.63, 3.8) is 0 Å². The van der Waals surface area contributed by atoms with Gasteiger partial charge in [0.15, 0.2) is 0 Å². The van der Waals surface area contributed by atoms with Crippen LogP contribution in [0.4, 0.5) is 0 Å². The second-order valence-electron chi connectivity index (χ2n) is 0.